The molecule has 2 atom stereocenters. The van der Waals surface area contributed by atoms with E-state index in [1.54, 1.807) is 0 Å². The fourth-order valence-corrected chi connectivity index (χ4v) is 7.62. The van der Waals surface area contributed by atoms with Crippen molar-refractivity contribution in [3.8, 4) is 22.3 Å². The third kappa shape index (κ3) is 6.05. The number of allylic oxidation sites excluding steroid dienone is 7. The minimum absolute atomic E-state index is 0.269. The lowest BCUT2D eigenvalue weighted by Gasteiger charge is -2.36. The van der Waals surface area contributed by atoms with E-state index in [2.05, 4.69) is 228 Å². The molecule has 0 aromatic heterocycles. The summed E-state index contributed by atoms with van der Waals surface area (Å²) in [5.41, 5.74) is 11.8. The standard InChI is InChI=1S/C50H38N2/c1-3-13-37(14-4-1)38-25-31-45(32-26-38)52(50-24-12-18-42-16-8-10-22-48(42)50)46-35-29-40(30-36-46)39-27-33-44(34-28-39)51(43-19-5-2-6-20-43)49-23-11-17-41-15-7-9-21-47(41)49/h1-36,42,48H. The maximum absolute atomic E-state index is 2.42. The van der Waals surface area contributed by atoms with Crippen LogP contribution in [0.5, 0.6) is 0 Å². The van der Waals surface area contributed by atoms with Crippen molar-refractivity contribution in [2.24, 2.45) is 11.8 Å². The number of fused-ring (bicyclic) bond motifs is 2. The van der Waals surface area contributed by atoms with Crippen molar-refractivity contribution in [3.05, 3.63) is 224 Å². The number of nitrogens with zero attached hydrogens (tertiary/aromatic N) is 2. The Morgan fingerprint density at radius 2 is 0.827 bits per heavy atom. The third-order valence-electron chi connectivity index (χ3n) is 10.2. The van der Waals surface area contributed by atoms with Crippen molar-refractivity contribution >= 4 is 39.2 Å². The zero-order chi connectivity index (χ0) is 34.7. The van der Waals surface area contributed by atoms with Gasteiger partial charge in [-0.25, -0.2) is 0 Å². The lowest BCUT2D eigenvalue weighted by atomic mass is 9.82. The van der Waals surface area contributed by atoms with Crippen LogP contribution in [-0.4, -0.2) is 0 Å². The van der Waals surface area contributed by atoms with Gasteiger partial charge in [0.15, 0.2) is 0 Å². The molecule has 0 fully saturated rings. The van der Waals surface area contributed by atoms with Gasteiger partial charge in [-0.05, 0) is 88.3 Å². The first-order valence-electron chi connectivity index (χ1n) is 18.0. The zero-order valence-electron chi connectivity index (χ0n) is 28.8. The van der Waals surface area contributed by atoms with Gasteiger partial charge in [0.1, 0.15) is 0 Å². The summed E-state index contributed by atoms with van der Waals surface area (Å²) < 4.78 is 0. The van der Waals surface area contributed by atoms with Crippen molar-refractivity contribution in [3.63, 3.8) is 0 Å². The zero-order valence-corrected chi connectivity index (χ0v) is 28.8. The molecule has 0 bridgehead atoms. The molecule has 2 aliphatic rings. The minimum atomic E-state index is 0.269. The Hall–Kier alpha value is -6.64. The monoisotopic (exact) mass is 666 g/mol. The Labute approximate surface area is 306 Å². The van der Waals surface area contributed by atoms with Crippen molar-refractivity contribution in [2.45, 2.75) is 0 Å². The van der Waals surface area contributed by atoms with Crippen molar-refractivity contribution in [1.82, 2.24) is 0 Å². The van der Waals surface area contributed by atoms with Gasteiger partial charge in [0.2, 0.25) is 0 Å². The molecular weight excluding hydrogens is 629 g/mol. The normalized spacial score (nSPS) is 16.0. The van der Waals surface area contributed by atoms with E-state index in [9.17, 15) is 0 Å². The van der Waals surface area contributed by atoms with Gasteiger partial charge in [0.05, 0.1) is 5.69 Å². The maximum atomic E-state index is 2.42. The van der Waals surface area contributed by atoms with Gasteiger partial charge in [-0.1, -0.05) is 158 Å². The van der Waals surface area contributed by atoms with E-state index in [1.165, 1.54) is 38.7 Å². The second kappa shape index (κ2) is 13.9. The first-order chi connectivity index (χ1) is 25.8. The second-order valence-corrected chi connectivity index (χ2v) is 13.4. The van der Waals surface area contributed by atoms with Gasteiger partial charge in [-0.2, -0.15) is 0 Å². The van der Waals surface area contributed by atoms with E-state index in [1.807, 2.05) is 0 Å². The molecule has 0 amide bonds. The molecule has 248 valence electrons. The van der Waals surface area contributed by atoms with Gasteiger partial charge in [0, 0.05) is 45.7 Å². The van der Waals surface area contributed by atoms with Crippen LogP contribution in [0.15, 0.2) is 224 Å². The summed E-state index contributed by atoms with van der Waals surface area (Å²) >= 11 is 0. The van der Waals surface area contributed by atoms with Crippen LogP contribution in [0.1, 0.15) is 0 Å². The Morgan fingerprint density at radius 1 is 0.346 bits per heavy atom. The second-order valence-electron chi connectivity index (χ2n) is 13.4. The van der Waals surface area contributed by atoms with Crippen molar-refractivity contribution in [1.29, 1.82) is 0 Å². The van der Waals surface area contributed by atoms with Gasteiger partial charge < -0.3 is 9.80 Å². The molecule has 0 saturated heterocycles. The van der Waals surface area contributed by atoms with Gasteiger partial charge >= 0.3 is 0 Å². The molecule has 0 heterocycles. The van der Waals surface area contributed by atoms with E-state index in [0.717, 1.165) is 28.4 Å². The van der Waals surface area contributed by atoms with Gasteiger partial charge in [-0.3, -0.25) is 0 Å². The summed E-state index contributed by atoms with van der Waals surface area (Å²) in [4.78, 5) is 4.78. The first kappa shape index (κ1) is 31.3. The molecule has 0 radical (unpaired) electrons. The van der Waals surface area contributed by atoms with Crippen molar-refractivity contribution in [2.75, 3.05) is 9.80 Å². The predicted octanol–water partition coefficient (Wildman–Crippen LogP) is 13.6. The molecule has 0 spiro atoms. The van der Waals surface area contributed by atoms with E-state index in [4.69, 9.17) is 0 Å². The highest BCUT2D eigenvalue weighted by Gasteiger charge is 2.28. The summed E-state index contributed by atoms with van der Waals surface area (Å²) in [6.07, 6.45) is 15.8. The highest BCUT2D eigenvalue weighted by Crippen LogP contribution is 2.42. The number of anilines is 5. The Kier molecular flexibility index (Phi) is 8.40. The average molecular weight is 667 g/mol. The van der Waals surface area contributed by atoms with Gasteiger partial charge in [-0.15, -0.1) is 0 Å². The molecule has 0 N–H and O–H groups in total. The number of para-hydroxylation sites is 1. The van der Waals surface area contributed by atoms with E-state index in [0.29, 0.717) is 5.92 Å². The molecule has 7 aromatic carbocycles. The van der Waals surface area contributed by atoms with Crippen molar-refractivity contribution < 1.29 is 0 Å². The molecule has 2 nitrogen and oxygen atoms in total. The number of rotatable bonds is 8. The van der Waals surface area contributed by atoms with E-state index >= 15 is 0 Å². The third-order valence-corrected chi connectivity index (χ3v) is 10.2. The quantitative estimate of drug-likeness (QED) is 0.159. The lowest BCUT2D eigenvalue weighted by molar-refractivity contribution is 0.612. The van der Waals surface area contributed by atoms with Crippen LogP contribution in [0.4, 0.5) is 28.4 Å². The summed E-state index contributed by atoms with van der Waals surface area (Å²) in [7, 11) is 0. The molecular formula is C50H38N2. The predicted molar refractivity (Wildman–Crippen MR) is 221 cm³/mol. The molecule has 0 aliphatic heterocycles. The van der Waals surface area contributed by atoms with Crippen LogP contribution < -0.4 is 9.80 Å². The van der Waals surface area contributed by atoms with E-state index < -0.39 is 0 Å². The van der Waals surface area contributed by atoms with Gasteiger partial charge in [0.25, 0.3) is 0 Å². The topological polar surface area (TPSA) is 6.48 Å². The van der Waals surface area contributed by atoms with Crippen LogP contribution in [0, 0.1) is 11.8 Å². The minimum Gasteiger partial charge on any atom is -0.314 e. The highest BCUT2D eigenvalue weighted by molar-refractivity contribution is 5.99. The summed E-state index contributed by atoms with van der Waals surface area (Å²) in [5, 5.41) is 2.45. The molecule has 2 unspecified atom stereocenters. The summed E-state index contributed by atoms with van der Waals surface area (Å²) in [5.74, 6) is 0.614. The molecule has 0 saturated carbocycles. The summed E-state index contributed by atoms with van der Waals surface area (Å²) in [6, 6.07) is 63.3. The largest absolute Gasteiger partial charge is 0.314 e. The van der Waals surface area contributed by atoms with Crippen LogP contribution >= 0.6 is 0 Å². The smallest absolute Gasteiger partial charge is 0.0540 e. The Bertz CT molecular complexity index is 2430. The number of hydrogen-bond acceptors (Lipinski definition) is 2. The fraction of sp³-hybridized carbons (Fsp3) is 0.0400. The van der Waals surface area contributed by atoms with Crippen LogP contribution in [0.2, 0.25) is 0 Å². The SMILES string of the molecule is C1=CC2C=CC=C(N(c3ccc(-c4ccccc4)cc3)c3ccc(-c4ccc(N(c5ccccc5)c5cccc6ccccc56)cc4)cc3)C2C=C1. The lowest BCUT2D eigenvalue weighted by Crippen LogP contribution is -2.27. The first-order valence-corrected chi connectivity index (χ1v) is 18.0. The number of benzene rings is 7. The molecule has 9 rings (SSSR count). The molecule has 52 heavy (non-hydrogen) atoms. The Morgan fingerprint density at radius 3 is 1.48 bits per heavy atom. The maximum Gasteiger partial charge on any atom is 0.0540 e. The summed E-state index contributed by atoms with van der Waals surface area (Å²) in [6.45, 7) is 0. The molecule has 2 heteroatoms. The average Bonchev–Trinajstić information content (AvgIpc) is 3.23. The van der Waals surface area contributed by atoms with Crippen LogP contribution in [0.25, 0.3) is 33.0 Å². The fourth-order valence-electron chi connectivity index (χ4n) is 7.62. The number of hydrogen-bond donors (Lipinski definition) is 0. The van der Waals surface area contributed by atoms with Crippen LogP contribution in [0.3, 0.4) is 0 Å². The van der Waals surface area contributed by atoms with Crippen LogP contribution in [-0.2, 0) is 0 Å². The molecule has 2 aliphatic carbocycles. The molecule has 7 aromatic rings. The Balaban J connectivity index is 1.05. The van der Waals surface area contributed by atoms with E-state index in [-0.39, 0.29) is 5.92 Å². The highest BCUT2D eigenvalue weighted by atomic mass is 15.2.